The Morgan fingerprint density at radius 2 is 1.79 bits per heavy atom. The molecular formula is C24H21F3N4O3. The summed E-state index contributed by atoms with van der Waals surface area (Å²) >= 11 is 0. The molecule has 7 nitrogen and oxygen atoms in total. The van der Waals surface area contributed by atoms with Crippen LogP contribution in [0.4, 0.5) is 19.1 Å². The van der Waals surface area contributed by atoms with Crippen molar-refractivity contribution >= 4 is 17.0 Å². The van der Waals surface area contributed by atoms with Crippen LogP contribution in [0.25, 0.3) is 27.8 Å². The van der Waals surface area contributed by atoms with Crippen LogP contribution in [0.1, 0.15) is 5.56 Å². The second kappa shape index (κ2) is 9.52. The molecule has 0 atom stereocenters. The van der Waals surface area contributed by atoms with Gasteiger partial charge in [0.1, 0.15) is 12.3 Å². The fourth-order valence-corrected chi connectivity index (χ4v) is 3.52. The minimum Gasteiger partial charge on any atom is -0.497 e. The fraction of sp³-hybridized carbons (Fsp3) is 0.208. The zero-order chi connectivity index (χ0) is 24.3. The Morgan fingerprint density at radius 3 is 2.41 bits per heavy atom. The molecule has 0 aliphatic heterocycles. The summed E-state index contributed by atoms with van der Waals surface area (Å²) in [6, 6.07) is 15.5. The van der Waals surface area contributed by atoms with Crippen LogP contribution in [-0.4, -0.2) is 46.1 Å². The largest absolute Gasteiger partial charge is 0.497 e. The van der Waals surface area contributed by atoms with Gasteiger partial charge in [-0.1, -0.05) is 24.3 Å². The molecule has 0 amide bonds. The number of pyridine rings is 1. The van der Waals surface area contributed by atoms with Gasteiger partial charge in [0.25, 0.3) is 5.56 Å². The number of benzene rings is 2. The van der Waals surface area contributed by atoms with Gasteiger partial charge in [-0.3, -0.25) is 9.36 Å². The molecule has 0 spiro atoms. The smallest absolute Gasteiger partial charge is 0.405 e. The first kappa shape index (κ1) is 23.2. The minimum atomic E-state index is -4.45. The van der Waals surface area contributed by atoms with E-state index in [9.17, 15) is 18.0 Å². The molecule has 2 N–H and O–H groups in total. The van der Waals surface area contributed by atoms with Gasteiger partial charge in [0.15, 0.2) is 5.65 Å². The van der Waals surface area contributed by atoms with E-state index in [1.165, 1.54) is 10.8 Å². The van der Waals surface area contributed by atoms with Crippen molar-refractivity contribution in [2.45, 2.75) is 12.6 Å². The van der Waals surface area contributed by atoms with Crippen LogP contribution in [0, 0.1) is 0 Å². The molecule has 0 saturated carbocycles. The van der Waals surface area contributed by atoms with Gasteiger partial charge in [-0.05, 0) is 47.9 Å². The lowest BCUT2D eigenvalue weighted by Crippen LogP contribution is -2.24. The van der Waals surface area contributed by atoms with Crippen LogP contribution < -0.4 is 15.6 Å². The van der Waals surface area contributed by atoms with Crippen molar-refractivity contribution in [3.63, 3.8) is 0 Å². The monoisotopic (exact) mass is 470 g/mol. The molecule has 34 heavy (non-hydrogen) atoms. The quantitative estimate of drug-likeness (QED) is 0.425. The van der Waals surface area contributed by atoms with Gasteiger partial charge in [0.2, 0.25) is 5.95 Å². The first-order valence-electron chi connectivity index (χ1n) is 10.4. The van der Waals surface area contributed by atoms with E-state index in [-0.39, 0.29) is 18.2 Å². The Balaban J connectivity index is 1.90. The van der Waals surface area contributed by atoms with Crippen molar-refractivity contribution in [3.8, 4) is 22.6 Å². The van der Waals surface area contributed by atoms with E-state index in [1.54, 1.807) is 61.7 Å². The lowest BCUT2D eigenvalue weighted by atomic mass is 10.1. The Hall–Kier alpha value is -3.92. The highest BCUT2D eigenvalue weighted by Gasteiger charge is 2.27. The Morgan fingerprint density at radius 1 is 1.09 bits per heavy atom. The van der Waals surface area contributed by atoms with Gasteiger partial charge in [-0.25, -0.2) is 4.98 Å². The number of ether oxygens (including phenoxy) is 1. The average Bonchev–Trinajstić information content (AvgIpc) is 2.83. The van der Waals surface area contributed by atoms with Gasteiger partial charge < -0.3 is 15.2 Å². The second-order valence-electron chi connectivity index (χ2n) is 7.51. The van der Waals surface area contributed by atoms with Crippen molar-refractivity contribution in [2.24, 2.45) is 0 Å². The maximum Gasteiger partial charge on any atom is 0.405 e. The van der Waals surface area contributed by atoms with Crippen molar-refractivity contribution in [1.82, 2.24) is 14.5 Å². The summed E-state index contributed by atoms with van der Waals surface area (Å²) in [5.74, 6) is 0.389. The van der Waals surface area contributed by atoms with Crippen molar-refractivity contribution in [3.05, 3.63) is 76.7 Å². The molecule has 0 saturated heterocycles. The summed E-state index contributed by atoms with van der Waals surface area (Å²) in [5.41, 5.74) is 2.13. The molecule has 0 aliphatic carbocycles. The SMILES string of the molecule is COc1ccc(-c2cc3cnc(NCC(F)(F)F)nc3n(-c3ccc(CCO)cc3)c2=O)cc1. The maximum absolute atomic E-state index is 13.6. The molecule has 176 valence electrons. The van der Waals surface area contributed by atoms with Crippen molar-refractivity contribution in [2.75, 3.05) is 25.6 Å². The van der Waals surface area contributed by atoms with E-state index in [2.05, 4.69) is 15.3 Å². The molecule has 2 aromatic carbocycles. The number of fused-ring (bicyclic) bond motifs is 1. The number of hydrogen-bond acceptors (Lipinski definition) is 6. The molecule has 0 fully saturated rings. The molecule has 2 heterocycles. The Kier molecular flexibility index (Phi) is 6.51. The van der Waals surface area contributed by atoms with Crippen molar-refractivity contribution < 1.29 is 23.0 Å². The number of anilines is 1. The molecular weight excluding hydrogens is 449 g/mol. The molecule has 4 rings (SSSR count). The molecule has 2 aromatic heterocycles. The van der Waals surface area contributed by atoms with Crippen LogP contribution >= 0.6 is 0 Å². The van der Waals surface area contributed by atoms with E-state index >= 15 is 0 Å². The predicted octanol–water partition coefficient (Wildman–Crippen LogP) is 3.97. The Labute approximate surface area is 192 Å². The van der Waals surface area contributed by atoms with Gasteiger partial charge in [0, 0.05) is 23.8 Å². The first-order valence-corrected chi connectivity index (χ1v) is 10.4. The number of aliphatic hydroxyl groups excluding tert-OH is 1. The summed E-state index contributed by atoms with van der Waals surface area (Å²) in [6.45, 7) is -1.32. The average molecular weight is 470 g/mol. The second-order valence-corrected chi connectivity index (χ2v) is 7.51. The highest BCUT2D eigenvalue weighted by molar-refractivity contribution is 5.83. The van der Waals surface area contributed by atoms with Crippen molar-refractivity contribution in [1.29, 1.82) is 0 Å². The molecule has 4 aromatic rings. The number of methoxy groups -OCH3 is 1. The van der Waals surface area contributed by atoms with Gasteiger partial charge in [-0.2, -0.15) is 18.2 Å². The number of aromatic nitrogens is 3. The van der Waals surface area contributed by atoms with Crippen LogP contribution in [0.5, 0.6) is 5.75 Å². The lowest BCUT2D eigenvalue weighted by Gasteiger charge is -2.15. The molecule has 0 radical (unpaired) electrons. The number of aliphatic hydroxyl groups is 1. The van der Waals surface area contributed by atoms with Crippen LogP contribution in [0.3, 0.4) is 0 Å². The molecule has 0 unspecified atom stereocenters. The standard InChI is InChI=1S/C24H21F3N4O3/c1-34-19-8-4-16(5-9-19)20-12-17-13-28-23(29-14-24(25,26)27)30-21(17)31(22(20)33)18-6-2-15(3-7-18)10-11-32/h2-9,12-13,32H,10-11,14H2,1H3,(H,28,29,30). The van der Waals surface area contributed by atoms with Crippen LogP contribution in [0.15, 0.2) is 65.6 Å². The summed E-state index contributed by atoms with van der Waals surface area (Å²) in [6.07, 6.45) is -2.61. The zero-order valence-electron chi connectivity index (χ0n) is 18.1. The van der Waals surface area contributed by atoms with E-state index in [0.717, 1.165) is 5.56 Å². The molecule has 0 aliphatic rings. The van der Waals surface area contributed by atoms with Gasteiger partial charge in [0.05, 0.1) is 12.8 Å². The topological polar surface area (TPSA) is 89.3 Å². The zero-order valence-corrected chi connectivity index (χ0v) is 18.1. The number of nitrogens with one attached hydrogen (secondary N) is 1. The van der Waals surface area contributed by atoms with E-state index in [1.807, 2.05) is 0 Å². The third kappa shape index (κ3) is 5.01. The predicted molar refractivity (Wildman–Crippen MR) is 122 cm³/mol. The number of hydrogen-bond donors (Lipinski definition) is 2. The normalized spacial score (nSPS) is 11.6. The highest BCUT2D eigenvalue weighted by Crippen LogP contribution is 2.25. The summed E-state index contributed by atoms with van der Waals surface area (Å²) in [7, 11) is 1.54. The minimum absolute atomic E-state index is 0.0172. The maximum atomic E-state index is 13.6. The van der Waals surface area contributed by atoms with Gasteiger partial charge >= 0.3 is 6.18 Å². The van der Waals surface area contributed by atoms with E-state index in [4.69, 9.17) is 9.84 Å². The highest BCUT2D eigenvalue weighted by atomic mass is 19.4. The fourth-order valence-electron chi connectivity index (χ4n) is 3.52. The summed E-state index contributed by atoms with van der Waals surface area (Å²) < 4.78 is 44.5. The lowest BCUT2D eigenvalue weighted by molar-refractivity contribution is -0.115. The third-order valence-corrected chi connectivity index (χ3v) is 5.18. The number of halogens is 3. The van der Waals surface area contributed by atoms with Crippen LogP contribution in [-0.2, 0) is 6.42 Å². The third-order valence-electron chi connectivity index (χ3n) is 5.18. The van der Waals surface area contributed by atoms with Crippen LogP contribution in [0.2, 0.25) is 0 Å². The molecule has 0 bridgehead atoms. The first-order chi connectivity index (χ1) is 16.3. The van der Waals surface area contributed by atoms with E-state index in [0.29, 0.717) is 34.4 Å². The summed E-state index contributed by atoms with van der Waals surface area (Å²) in [5, 5.41) is 11.8. The number of nitrogens with zero attached hydrogens (tertiary/aromatic N) is 3. The molecule has 10 heteroatoms. The van der Waals surface area contributed by atoms with E-state index < -0.39 is 18.3 Å². The number of alkyl halides is 3. The Bertz CT molecular complexity index is 1350. The number of rotatable bonds is 7. The van der Waals surface area contributed by atoms with Gasteiger partial charge in [-0.15, -0.1) is 0 Å². The summed E-state index contributed by atoms with van der Waals surface area (Å²) in [4.78, 5) is 21.8.